The maximum atomic E-state index is 11.9. The maximum absolute atomic E-state index is 11.9. The van der Waals surface area contributed by atoms with E-state index in [-0.39, 0.29) is 24.0 Å². The SMILES string of the molecule is Fc1cccc(F)c1.I. The van der Waals surface area contributed by atoms with Gasteiger partial charge in [0.2, 0.25) is 0 Å². The molecule has 9 heavy (non-hydrogen) atoms. The van der Waals surface area contributed by atoms with E-state index in [1.54, 1.807) is 0 Å². The lowest BCUT2D eigenvalue weighted by Gasteiger charge is -1.84. The Morgan fingerprint density at radius 3 is 1.67 bits per heavy atom. The Labute approximate surface area is 68.9 Å². The molecule has 0 heterocycles. The first-order chi connectivity index (χ1) is 3.79. The minimum absolute atomic E-state index is 0. The summed E-state index contributed by atoms with van der Waals surface area (Å²) in [6, 6.07) is 4.55. The van der Waals surface area contributed by atoms with Crippen molar-refractivity contribution in [2.45, 2.75) is 0 Å². The normalized spacial score (nSPS) is 8.22. The summed E-state index contributed by atoms with van der Waals surface area (Å²) in [4.78, 5) is 0. The monoisotopic (exact) mass is 242 g/mol. The maximum Gasteiger partial charge on any atom is 0.126 e. The summed E-state index contributed by atoms with van der Waals surface area (Å²) in [5, 5.41) is 0. The van der Waals surface area contributed by atoms with Crippen molar-refractivity contribution >= 4 is 24.0 Å². The van der Waals surface area contributed by atoms with Crippen LogP contribution in [0.2, 0.25) is 0 Å². The number of hydrogen-bond acceptors (Lipinski definition) is 0. The van der Waals surface area contributed by atoms with Crippen molar-refractivity contribution in [3.05, 3.63) is 35.9 Å². The van der Waals surface area contributed by atoms with Crippen molar-refractivity contribution in [2.75, 3.05) is 0 Å². The van der Waals surface area contributed by atoms with E-state index in [1.165, 1.54) is 18.2 Å². The molecule has 1 aromatic rings. The lowest BCUT2D eigenvalue weighted by atomic mass is 10.3. The Morgan fingerprint density at radius 2 is 1.44 bits per heavy atom. The van der Waals surface area contributed by atoms with Crippen molar-refractivity contribution in [3.63, 3.8) is 0 Å². The average molecular weight is 242 g/mol. The minimum Gasteiger partial charge on any atom is -0.207 e. The van der Waals surface area contributed by atoms with Crippen LogP contribution in [0.4, 0.5) is 8.78 Å². The van der Waals surface area contributed by atoms with E-state index in [0.29, 0.717) is 0 Å². The highest BCUT2D eigenvalue weighted by Crippen LogP contribution is 1.99. The first kappa shape index (κ1) is 8.81. The van der Waals surface area contributed by atoms with Gasteiger partial charge in [0.05, 0.1) is 0 Å². The van der Waals surface area contributed by atoms with Gasteiger partial charge in [0.25, 0.3) is 0 Å². The molecular weight excluding hydrogens is 237 g/mol. The molecule has 1 rings (SSSR count). The van der Waals surface area contributed by atoms with Gasteiger partial charge in [-0.15, -0.1) is 24.0 Å². The van der Waals surface area contributed by atoms with Crippen LogP contribution in [0.5, 0.6) is 0 Å². The van der Waals surface area contributed by atoms with E-state index >= 15 is 0 Å². The van der Waals surface area contributed by atoms with E-state index in [2.05, 4.69) is 0 Å². The summed E-state index contributed by atoms with van der Waals surface area (Å²) >= 11 is 0. The zero-order valence-corrected chi connectivity index (χ0v) is 6.80. The molecule has 0 spiro atoms. The first-order valence-electron chi connectivity index (χ1n) is 2.20. The standard InChI is InChI=1S/C6H4F2.HI/c7-5-2-1-3-6(8)4-5;/h1-4H;1H. The van der Waals surface area contributed by atoms with Crippen molar-refractivity contribution in [2.24, 2.45) is 0 Å². The second-order valence-electron chi connectivity index (χ2n) is 1.44. The van der Waals surface area contributed by atoms with E-state index in [4.69, 9.17) is 0 Å². The van der Waals surface area contributed by atoms with Crippen LogP contribution in [0.15, 0.2) is 24.3 Å². The molecule has 0 saturated heterocycles. The lowest BCUT2D eigenvalue weighted by Crippen LogP contribution is -1.73. The fourth-order valence-electron chi connectivity index (χ4n) is 0.460. The van der Waals surface area contributed by atoms with Crippen LogP contribution >= 0.6 is 24.0 Å². The van der Waals surface area contributed by atoms with Crippen LogP contribution in [-0.2, 0) is 0 Å². The fraction of sp³-hybridized carbons (Fsp3) is 0. The summed E-state index contributed by atoms with van der Waals surface area (Å²) in [5.74, 6) is -1.07. The molecule has 0 aliphatic rings. The Bertz CT molecular complexity index is 171. The molecule has 0 bridgehead atoms. The summed E-state index contributed by atoms with van der Waals surface area (Å²) in [5.41, 5.74) is 0. The first-order valence-corrected chi connectivity index (χ1v) is 2.20. The Hall–Kier alpha value is -0.190. The molecule has 0 saturated carbocycles. The Balaban J connectivity index is 0.000000640. The van der Waals surface area contributed by atoms with Gasteiger partial charge in [0.1, 0.15) is 11.6 Å². The number of hydrogen-bond donors (Lipinski definition) is 0. The summed E-state index contributed by atoms with van der Waals surface area (Å²) in [6.45, 7) is 0. The second-order valence-corrected chi connectivity index (χ2v) is 1.44. The third-order valence-electron chi connectivity index (χ3n) is 0.787. The molecule has 3 heteroatoms. The second kappa shape index (κ2) is 3.76. The van der Waals surface area contributed by atoms with Crippen LogP contribution in [-0.4, -0.2) is 0 Å². The van der Waals surface area contributed by atoms with Crippen LogP contribution in [0.25, 0.3) is 0 Å². The third kappa shape index (κ3) is 2.74. The fourth-order valence-corrected chi connectivity index (χ4v) is 0.460. The van der Waals surface area contributed by atoms with Crippen molar-refractivity contribution in [3.8, 4) is 0 Å². The Kier molecular flexibility index (Phi) is 3.68. The van der Waals surface area contributed by atoms with Crippen LogP contribution in [0.3, 0.4) is 0 Å². The molecule has 50 valence electrons. The van der Waals surface area contributed by atoms with Gasteiger partial charge in [0.15, 0.2) is 0 Å². The molecule has 0 aliphatic heterocycles. The van der Waals surface area contributed by atoms with Gasteiger partial charge in [-0.3, -0.25) is 0 Å². The lowest BCUT2D eigenvalue weighted by molar-refractivity contribution is 0.583. The molecule has 0 unspecified atom stereocenters. The smallest absolute Gasteiger partial charge is 0.126 e. The molecule has 0 aromatic heterocycles. The number of halogens is 3. The predicted octanol–water partition coefficient (Wildman–Crippen LogP) is 2.58. The zero-order valence-electron chi connectivity index (χ0n) is 4.47. The van der Waals surface area contributed by atoms with Crippen molar-refractivity contribution in [1.29, 1.82) is 0 Å². The third-order valence-corrected chi connectivity index (χ3v) is 0.787. The van der Waals surface area contributed by atoms with Crippen LogP contribution < -0.4 is 0 Å². The Morgan fingerprint density at radius 1 is 1.00 bits per heavy atom. The van der Waals surface area contributed by atoms with Crippen molar-refractivity contribution in [1.82, 2.24) is 0 Å². The van der Waals surface area contributed by atoms with Gasteiger partial charge in [0, 0.05) is 6.07 Å². The van der Waals surface area contributed by atoms with Crippen molar-refractivity contribution < 1.29 is 8.78 Å². The zero-order chi connectivity index (χ0) is 5.98. The molecule has 0 amide bonds. The summed E-state index contributed by atoms with van der Waals surface area (Å²) in [7, 11) is 0. The largest absolute Gasteiger partial charge is 0.207 e. The summed E-state index contributed by atoms with van der Waals surface area (Å²) in [6.07, 6.45) is 0. The van der Waals surface area contributed by atoms with E-state index in [1.807, 2.05) is 0 Å². The molecular formula is C6H5F2I. The number of rotatable bonds is 0. The van der Waals surface area contributed by atoms with E-state index in [9.17, 15) is 8.78 Å². The minimum atomic E-state index is -0.537. The van der Waals surface area contributed by atoms with Crippen LogP contribution in [0, 0.1) is 11.6 Å². The predicted molar refractivity (Wildman–Crippen MR) is 41.8 cm³/mol. The molecule has 0 N–H and O–H groups in total. The highest BCUT2D eigenvalue weighted by Gasteiger charge is 1.88. The molecule has 0 fully saturated rings. The summed E-state index contributed by atoms with van der Waals surface area (Å²) < 4.78 is 23.9. The van der Waals surface area contributed by atoms with Gasteiger partial charge in [-0.1, -0.05) is 6.07 Å². The molecule has 0 atom stereocenters. The van der Waals surface area contributed by atoms with Gasteiger partial charge in [-0.25, -0.2) is 8.78 Å². The highest BCUT2D eigenvalue weighted by molar-refractivity contribution is 14.0. The molecule has 0 radical (unpaired) electrons. The molecule has 1 aromatic carbocycles. The van der Waals surface area contributed by atoms with Gasteiger partial charge < -0.3 is 0 Å². The van der Waals surface area contributed by atoms with Crippen LogP contribution in [0.1, 0.15) is 0 Å². The molecule has 0 nitrogen and oxygen atoms in total. The highest BCUT2D eigenvalue weighted by atomic mass is 127. The van der Waals surface area contributed by atoms with E-state index in [0.717, 1.165) is 6.07 Å². The quantitative estimate of drug-likeness (QED) is 0.613. The number of benzene rings is 1. The van der Waals surface area contributed by atoms with Gasteiger partial charge in [-0.2, -0.15) is 0 Å². The van der Waals surface area contributed by atoms with E-state index < -0.39 is 11.6 Å². The topological polar surface area (TPSA) is 0 Å². The van der Waals surface area contributed by atoms with Gasteiger partial charge in [-0.05, 0) is 12.1 Å². The van der Waals surface area contributed by atoms with Gasteiger partial charge >= 0.3 is 0 Å². The average Bonchev–Trinajstić information content (AvgIpc) is 1.64. The molecule has 0 aliphatic carbocycles.